The summed E-state index contributed by atoms with van der Waals surface area (Å²) in [5.74, 6) is 0.653. The highest BCUT2D eigenvalue weighted by molar-refractivity contribution is 7.15. The molecule has 1 aliphatic heterocycles. The summed E-state index contributed by atoms with van der Waals surface area (Å²) in [5, 5.41) is 0.716. The molecule has 2 aromatic heterocycles. The Morgan fingerprint density at radius 3 is 2.50 bits per heavy atom. The number of amides is 2. The molecule has 7 heteroatoms. The largest absolute Gasteiger partial charge is 0.462 e. The number of hydrogen-bond acceptors (Lipinski definition) is 5. The highest BCUT2D eigenvalue weighted by Crippen LogP contribution is 2.28. The van der Waals surface area contributed by atoms with Crippen molar-refractivity contribution in [3.8, 4) is 10.8 Å². The summed E-state index contributed by atoms with van der Waals surface area (Å²) >= 11 is 1.45. The maximum absolute atomic E-state index is 12.6. The number of hydrogen-bond donors (Lipinski definition) is 0. The number of piperazine rings is 1. The third-order valence-corrected chi connectivity index (χ3v) is 4.73. The number of aromatic nitrogens is 1. The number of furan rings is 1. The second kappa shape index (κ2) is 5.92. The minimum Gasteiger partial charge on any atom is -0.462 e. The Labute approximate surface area is 132 Å². The summed E-state index contributed by atoms with van der Waals surface area (Å²) in [6, 6.07) is 3.63. The van der Waals surface area contributed by atoms with E-state index >= 15 is 0 Å². The van der Waals surface area contributed by atoms with Crippen LogP contribution in [0.1, 0.15) is 22.3 Å². The van der Waals surface area contributed by atoms with Crippen molar-refractivity contribution in [3.05, 3.63) is 29.0 Å². The van der Waals surface area contributed by atoms with E-state index in [9.17, 15) is 9.59 Å². The predicted molar refractivity (Wildman–Crippen MR) is 82.7 cm³/mol. The number of nitrogens with zero attached hydrogens (tertiary/aromatic N) is 3. The Balaban J connectivity index is 1.75. The molecule has 3 heterocycles. The van der Waals surface area contributed by atoms with Gasteiger partial charge in [0.1, 0.15) is 5.69 Å². The molecule has 2 aromatic rings. The zero-order valence-corrected chi connectivity index (χ0v) is 13.4. The van der Waals surface area contributed by atoms with Crippen LogP contribution in [-0.4, -0.2) is 52.8 Å². The van der Waals surface area contributed by atoms with Crippen LogP contribution >= 0.6 is 11.3 Å². The van der Waals surface area contributed by atoms with Gasteiger partial charge in [-0.2, -0.15) is 0 Å². The van der Waals surface area contributed by atoms with Crippen molar-refractivity contribution in [1.29, 1.82) is 0 Å². The van der Waals surface area contributed by atoms with Crippen LogP contribution in [0.15, 0.2) is 22.8 Å². The first-order valence-electron chi connectivity index (χ1n) is 7.12. The summed E-state index contributed by atoms with van der Waals surface area (Å²) in [7, 11) is 0. The predicted octanol–water partition coefficient (Wildman–Crippen LogP) is 2.02. The molecule has 0 N–H and O–H groups in total. The van der Waals surface area contributed by atoms with Crippen molar-refractivity contribution < 1.29 is 14.0 Å². The molecule has 116 valence electrons. The van der Waals surface area contributed by atoms with Crippen LogP contribution in [0.5, 0.6) is 0 Å². The fourth-order valence-electron chi connectivity index (χ4n) is 2.47. The van der Waals surface area contributed by atoms with Crippen LogP contribution in [0.4, 0.5) is 0 Å². The first-order chi connectivity index (χ1) is 10.6. The lowest BCUT2D eigenvalue weighted by atomic mass is 10.2. The van der Waals surface area contributed by atoms with E-state index in [1.54, 1.807) is 29.1 Å². The minimum absolute atomic E-state index is 0.0528. The van der Waals surface area contributed by atoms with Crippen molar-refractivity contribution >= 4 is 23.2 Å². The molecule has 1 aliphatic rings. The lowest BCUT2D eigenvalue weighted by Crippen LogP contribution is -2.50. The summed E-state index contributed by atoms with van der Waals surface area (Å²) in [4.78, 5) is 32.8. The molecule has 2 amide bonds. The monoisotopic (exact) mass is 319 g/mol. The molecule has 0 saturated carbocycles. The Bertz CT molecular complexity index is 685. The molecule has 0 aliphatic carbocycles. The zero-order chi connectivity index (χ0) is 15.7. The highest BCUT2D eigenvalue weighted by atomic mass is 32.1. The lowest BCUT2D eigenvalue weighted by Gasteiger charge is -2.33. The Kier molecular flexibility index (Phi) is 3.98. The van der Waals surface area contributed by atoms with E-state index < -0.39 is 0 Å². The lowest BCUT2D eigenvalue weighted by molar-refractivity contribution is -0.130. The van der Waals surface area contributed by atoms with Gasteiger partial charge in [0.25, 0.3) is 5.91 Å². The molecule has 0 aromatic carbocycles. The first kappa shape index (κ1) is 14.8. The van der Waals surface area contributed by atoms with Gasteiger partial charge in [0.15, 0.2) is 10.8 Å². The normalized spacial score (nSPS) is 15.2. The van der Waals surface area contributed by atoms with Crippen LogP contribution in [-0.2, 0) is 4.79 Å². The number of thiazole rings is 1. The molecule has 1 fully saturated rings. The van der Waals surface area contributed by atoms with Crippen LogP contribution in [0.25, 0.3) is 10.8 Å². The summed E-state index contributed by atoms with van der Waals surface area (Å²) in [6.45, 7) is 5.70. The maximum Gasteiger partial charge on any atom is 0.273 e. The van der Waals surface area contributed by atoms with Gasteiger partial charge < -0.3 is 14.2 Å². The molecular formula is C15H17N3O3S. The first-order valence-corrected chi connectivity index (χ1v) is 7.94. The second-order valence-corrected chi connectivity index (χ2v) is 6.40. The molecule has 1 saturated heterocycles. The van der Waals surface area contributed by atoms with E-state index in [4.69, 9.17) is 4.42 Å². The second-order valence-electron chi connectivity index (χ2n) is 5.20. The van der Waals surface area contributed by atoms with Crippen molar-refractivity contribution in [1.82, 2.24) is 14.8 Å². The van der Waals surface area contributed by atoms with Crippen LogP contribution in [0, 0.1) is 6.92 Å². The van der Waals surface area contributed by atoms with Crippen molar-refractivity contribution in [2.24, 2.45) is 0 Å². The van der Waals surface area contributed by atoms with E-state index in [-0.39, 0.29) is 11.8 Å². The molecular weight excluding hydrogens is 302 g/mol. The maximum atomic E-state index is 12.6. The average molecular weight is 319 g/mol. The van der Waals surface area contributed by atoms with Gasteiger partial charge >= 0.3 is 0 Å². The van der Waals surface area contributed by atoms with Gasteiger partial charge in [-0.3, -0.25) is 9.59 Å². The SMILES string of the molecule is CC(=O)N1CCN(C(=O)c2nc(-c3ccco3)sc2C)CC1. The van der Waals surface area contributed by atoms with Crippen LogP contribution in [0.3, 0.4) is 0 Å². The van der Waals surface area contributed by atoms with Gasteiger partial charge in [-0.05, 0) is 19.1 Å². The van der Waals surface area contributed by atoms with E-state index in [0.29, 0.717) is 42.6 Å². The van der Waals surface area contributed by atoms with Gasteiger partial charge in [0.05, 0.1) is 6.26 Å². The van der Waals surface area contributed by atoms with E-state index in [2.05, 4.69) is 4.98 Å². The molecule has 0 radical (unpaired) electrons. The minimum atomic E-state index is -0.0743. The number of carbonyl (C=O) groups is 2. The third-order valence-electron chi connectivity index (χ3n) is 3.74. The Morgan fingerprint density at radius 1 is 1.23 bits per heavy atom. The van der Waals surface area contributed by atoms with Gasteiger partial charge in [-0.25, -0.2) is 4.98 Å². The van der Waals surface area contributed by atoms with E-state index in [1.165, 1.54) is 11.3 Å². The quantitative estimate of drug-likeness (QED) is 0.849. The van der Waals surface area contributed by atoms with E-state index in [1.807, 2.05) is 13.0 Å². The van der Waals surface area contributed by atoms with Gasteiger partial charge in [-0.15, -0.1) is 11.3 Å². The number of carbonyl (C=O) groups excluding carboxylic acids is 2. The van der Waals surface area contributed by atoms with Crippen molar-refractivity contribution in [3.63, 3.8) is 0 Å². The zero-order valence-electron chi connectivity index (χ0n) is 12.5. The third kappa shape index (κ3) is 2.76. The topological polar surface area (TPSA) is 66.7 Å². The summed E-state index contributed by atoms with van der Waals surface area (Å²) in [6.07, 6.45) is 1.59. The molecule has 6 nitrogen and oxygen atoms in total. The molecule has 22 heavy (non-hydrogen) atoms. The fourth-order valence-corrected chi connectivity index (χ4v) is 3.35. The summed E-state index contributed by atoms with van der Waals surface area (Å²) < 4.78 is 5.33. The number of aryl methyl sites for hydroxylation is 1. The Hall–Kier alpha value is -2.15. The van der Waals surface area contributed by atoms with Crippen molar-refractivity contribution in [2.75, 3.05) is 26.2 Å². The Morgan fingerprint density at radius 2 is 1.91 bits per heavy atom. The van der Waals surface area contributed by atoms with Gasteiger partial charge in [-0.1, -0.05) is 0 Å². The van der Waals surface area contributed by atoms with Crippen molar-refractivity contribution in [2.45, 2.75) is 13.8 Å². The average Bonchev–Trinajstić information content (AvgIpc) is 3.16. The van der Waals surface area contributed by atoms with Gasteiger partial charge in [0.2, 0.25) is 5.91 Å². The standard InChI is InChI=1S/C15H17N3O3S/c1-10-13(16-14(22-10)12-4-3-9-21-12)15(20)18-7-5-17(6-8-18)11(2)19/h3-4,9H,5-8H2,1-2H3. The summed E-state index contributed by atoms with van der Waals surface area (Å²) in [5.41, 5.74) is 0.479. The molecule has 0 bridgehead atoms. The highest BCUT2D eigenvalue weighted by Gasteiger charge is 2.26. The number of rotatable bonds is 2. The van der Waals surface area contributed by atoms with Gasteiger partial charge in [0, 0.05) is 38.0 Å². The molecule has 0 atom stereocenters. The van der Waals surface area contributed by atoms with Crippen LogP contribution < -0.4 is 0 Å². The molecule has 0 unspecified atom stereocenters. The molecule has 3 rings (SSSR count). The van der Waals surface area contributed by atoms with Crippen LogP contribution in [0.2, 0.25) is 0 Å². The van der Waals surface area contributed by atoms with E-state index in [0.717, 1.165) is 4.88 Å². The fraction of sp³-hybridized carbons (Fsp3) is 0.400. The molecule has 0 spiro atoms. The smallest absolute Gasteiger partial charge is 0.273 e.